The van der Waals surface area contributed by atoms with Gasteiger partial charge in [-0.2, -0.15) is 13.2 Å². The van der Waals surface area contributed by atoms with Gasteiger partial charge in [0.25, 0.3) is 5.56 Å². The summed E-state index contributed by atoms with van der Waals surface area (Å²) in [6, 6.07) is 11.1. The van der Waals surface area contributed by atoms with Crippen LogP contribution in [-0.4, -0.2) is 44.3 Å². The van der Waals surface area contributed by atoms with Crippen LogP contribution in [0, 0.1) is 13.8 Å². The van der Waals surface area contributed by atoms with E-state index in [1.807, 2.05) is 32.0 Å². The number of alkyl halides is 3. The van der Waals surface area contributed by atoms with Gasteiger partial charge in [-0.3, -0.25) is 15.1 Å². The Morgan fingerprint density at radius 3 is 2.39 bits per heavy atom. The van der Waals surface area contributed by atoms with Crippen LogP contribution in [0.1, 0.15) is 11.3 Å². The summed E-state index contributed by atoms with van der Waals surface area (Å²) in [4.78, 5) is 37.3. The van der Waals surface area contributed by atoms with Gasteiger partial charge >= 0.3 is 12.1 Å². The number of aryl methyl sites for hydroxylation is 2. The molecule has 0 aliphatic rings. The number of rotatable bonds is 3. The summed E-state index contributed by atoms with van der Waals surface area (Å²) in [7, 11) is 1.63. The van der Waals surface area contributed by atoms with E-state index < -0.39 is 12.1 Å². The molecule has 172 valence electrons. The average molecular weight is 461 g/mol. The summed E-state index contributed by atoms with van der Waals surface area (Å²) in [6.07, 6.45) is -5.08. The van der Waals surface area contributed by atoms with Crippen LogP contribution in [0.3, 0.4) is 0 Å². The SMILES string of the molecule is COc1cc(C)cc2nc(Nc3nc4ccccc4c(=O)[nH]3)nc(C)c12.O=C(O)C(F)(F)F. The second kappa shape index (κ2) is 9.10. The van der Waals surface area contributed by atoms with Crippen molar-refractivity contribution < 1.29 is 27.8 Å². The first-order valence-corrected chi connectivity index (χ1v) is 9.38. The molecule has 0 bridgehead atoms. The Labute approximate surface area is 184 Å². The minimum Gasteiger partial charge on any atom is -0.496 e. The molecule has 0 fully saturated rings. The number of anilines is 2. The van der Waals surface area contributed by atoms with Crippen LogP contribution in [-0.2, 0) is 4.79 Å². The molecule has 2 heterocycles. The van der Waals surface area contributed by atoms with E-state index in [1.165, 1.54) is 0 Å². The molecule has 0 aliphatic carbocycles. The zero-order chi connectivity index (χ0) is 24.3. The highest BCUT2D eigenvalue weighted by molar-refractivity contribution is 5.89. The van der Waals surface area contributed by atoms with Crippen molar-refractivity contribution >= 4 is 39.7 Å². The van der Waals surface area contributed by atoms with Crippen molar-refractivity contribution in [1.82, 2.24) is 19.9 Å². The molecule has 3 N–H and O–H groups in total. The topological polar surface area (TPSA) is 130 Å². The first-order chi connectivity index (χ1) is 15.5. The largest absolute Gasteiger partial charge is 0.496 e. The summed E-state index contributed by atoms with van der Waals surface area (Å²) in [5.41, 5.74) is 2.97. The third kappa shape index (κ3) is 5.34. The van der Waals surface area contributed by atoms with Gasteiger partial charge in [0.05, 0.1) is 34.6 Å². The van der Waals surface area contributed by atoms with E-state index >= 15 is 0 Å². The number of hydrogen-bond donors (Lipinski definition) is 3. The zero-order valence-corrected chi connectivity index (χ0v) is 17.6. The second-order valence-electron chi connectivity index (χ2n) is 6.85. The normalized spacial score (nSPS) is 11.1. The Balaban J connectivity index is 0.000000383. The number of halogens is 3. The highest BCUT2D eigenvalue weighted by Crippen LogP contribution is 2.29. The Bertz CT molecular complexity index is 1400. The number of aromatic nitrogens is 4. The number of carboxylic acids is 1. The number of aliphatic carboxylic acids is 1. The minimum atomic E-state index is -5.08. The van der Waals surface area contributed by atoms with E-state index in [2.05, 4.69) is 25.3 Å². The van der Waals surface area contributed by atoms with Crippen LogP contribution < -0.4 is 15.6 Å². The lowest BCUT2D eigenvalue weighted by atomic mass is 10.1. The summed E-state index contributed by atoms with van der Waals surface area (Å²) >= 11 is 0. The molecule has 0 amide bonds. The van der Waals surface area contributed by atoms with Crippen LogP contribution in [0.15, 0.2) is 41.2 Å². The number of fused-ring (bicyclic) bond motifs is 2. The molecule has 33 heavy (non-hydrogen) atoms. The molecule has 2 aromatic carbocycles. The molecule has 0 radical (unpaired) electrons. The van der Waals surface area contributed by atoms with Crippen molar-refractivity contribution in [3.63, 3.8) is 0 Å². The van der Waals surface area contributed by atoms with Crippen LogP contribution in [0.2, 0.25) is 0 Å². The Hall–Kier alpha value is -4.22. The molecule has 4 rings (SSSR count). The monoisotopic (exact) mass is 461 g/mol. The maximum Gasteiger partial charge on any atom is 0.490 e. The summed E-state index contributed by atoms with van der Waals surface area (Å²) < 4.78 is 37.2. The second-order valence-corrected chi connectivity index (χ2v) is 6.85. The van der Waals surface area contributed by atoms with Crippen molar-refractivity contribution in [3.8, 4) is 5.75 Å². The van der Waals surface area contributed by atoms with Crippen molar-refractivity contribution in [3.05, 3.63) is 58.0 Å². The minimum absolute atomic E-state index is 0.215. The number of para-hydroxylation sites is 1. The number of nitrogens with one attached hydrogen (secondary N) is 2. The number of benzene rings is 2. The van der Waals surface area contributed by atoms with Gasteiger partial charge in [0.15, 0.2) is 0 Å². The Morgan fingerprint density at radius 1 is 1.09 bits per heavy atom. The van der Waals surface area contributed by atoms with E-state index in [1.54, 1.807) is 25.3 Å². The Kier molecular flexibility index (Phi) is 6.47. The van der Waals surface area contributed by atoms with Gasteiger partial charge in [0, 0.05) is 0 Å². The molecule has 0 saturated heterocycles. The third-order valence-electron chi connectivity index (χ3n) is 4.39. The molecule has 0 aliphatic heterocycles. The van der Waals surface area contributed by atoms with Gasteiger partial charge < -0.3 is 9.84 Å². The van der Waals surface area contributed by atoms with Crippen LogP contribution >= 0.6 is 0 Å². The number of hydrogen-bond acceptors (Lipinski definition) is 7. The summed E-state index contributed by atoms with van der Waals surface area (Å²) in [5, 5.41) is 11.5. The lowest BCUT2D eigenvalue weighted by Crippen LogP contribution is -2.21. The highest BCUT2D eigenvalue weighted by atomic mass is 19.4. The number of methoxy groups -OCH3 is 1. The maximum absolute atomic E-state index is 12.2. The van der Waals surface area contributed by atoms with E-state index in [4.69, 9.17) is 14.6 Å². The maximum atomic E-state index is 12.2. The number of aromatic amines is 1. The van der Waals surface area contributed by atoms with Gasteiger partial charge in [-0.1, -0.05) is 12.1 Å². The lowest BCUT2D eigenvalue weighted by molar-refractivity contribution is -0.192. The fourth-order valence-electron chi connectivity index (χ4n) is 3.01. The number of nitrogens with zero attached hydrogens (tertiary/aromatic N) is 3. The van der Waals surface area contributed by atoms with E-state index in [0.717, 1.165) is 27.9 Å². The molecule has 0 unspecified atom stereocenters. The summed E-state index contributed by atoms with van der Waals surface area (Å²) in [6.45, 7) is 3.87. The van der Waals surface area contributed by atoms with Gasteiger partial charge in [0.2, 0.25) is 11.9 Å². The van der Waals surface area contributed by atoms with Crippen molar-refractivity contribution in [2.75, 3.05) is 12.4 Å². The first-order valence-electron chi connectivity index (χ1n) is 9.38. The molecule has 2 aromatic heterocycles. The fraction of sp³-hybridized carbons (Fsp3) is 0.190. The molecule has 0 spiro atoms. The molecule has 4 aromatic rings. The molecule has 12 heteroatoms. The molecule has 0 atom stereocenters. The van der Waals surface area contributed by atoms with E-state index in [-0.39, 0.29) is 5.56 Å². The summed E-state index contributed by atoms with van der Waals surface area (Å²) in [5.74, 6) is -1.36. The number of H-pyrrole nitrogens is 1. The predicted octanol–water partition coefficient (Wildman–Crippen LogP) is 3.87. The predicted molar refractivity (Wildman–Crippen MR) is 115 cm³/mol. The average Bonchev–Trinajstić information content (AvgIpc) is 2.72. The van der Waals surface area contributed by atoms with E-state index in [9.17, 15) is 18.0 Å². The van der Waals surface area contributed by atoms with Gasteiger partial charge in [-0.15, -0.1) is 0 Å². The third-order valence-corrected chi connectivity index (χ3v) is 4.39. The lowest BCUT2D eigenvalue weighted by Gasteiger charge is -2.11. The quantitative estimate of drug-likeness (QED) is 0.419. The fourth-order valence-corrected chi connectivity index (χ4v) is 3.01. The molecule has 0 saturated carbocycles. The number of ether oxygens (including phenoxy) is 1. The Morgan fingerprint density at radius 2 is 1.76 bits per heavy atom. The van der Waals surface area contributed by atoms with Gasteiger partial charge in [0.1, 0.15) is 5.75 Å². The van der Waals surface area contributed by atoms with Gasteiger partial charge in [-0.05, 0) is 43.7 Å². The van der Waals surface area contributed by atoms with Crippen molar-refractivity contribution in [2.24, 2.45) is 0 Å². The van der Waals surface area contributed by atoms with Crippen molar-refractivity contribution in [1.29, 1.82) is 0 Å². The number of carbonyl (C=O) groups is 1. The molecular weight excluding hydrogens is 443 g/mol. The van der Waals surface area contributed by atoms with E-state index in [0.29, 0.717) is 22.8 Å². The van der Waals surface area contributed by atoms with Gasteiger partial charge in [-0.25, -0.2) is 19.7 Å². The van der Waals surface area contributed by atoms with Crippen LogP contribution in [0.25, 0.3) is 21.8 Å². The molecular formula is C21H18F3N5O4. The zero-order valence-electron chi connectivity index (χ0n) is 17.6. The van der Waals surface area contributed by atoms with Crippen LogP contribution in [0.5, 0.6) is 5.75 Å². The number of carboxylic acid groups (broad SMARTS) is 1. The molecule has 9 nitrogen and oxygen atoms in total. The van der Waals surface area contributed by atoms with Crippen LogP contribution in [0.4, 0.5) is 25.1 Å². The highest BCUT2D eigenvalue weighted by Gasteiger charge is 2.38. The first kappa shape index (κ1) is 23.4. The van der Waals surface area contributed by atoms with Crippen molar-refractivity contribution in [2.45, 2.75) is 20.0 Å². The standard InChI is InChI=1S/C19H17N5O2.C2HF3O2/c1-10-8-14-16(15(9-10)26-3)11(2)20-18(22-14)24-19-21-13-7-5-4-6-12(13)17(25)23-19;3-2(4,5)1(6)7/h4-9H,1-3H3,(H2,20,21,22,23,24,25);(H,6,7). The smallest absolute Gasteiger partial charge is 0.490 e.